The average molecular weight is 500 g/mol. The molecule has 1 aliphatic rings. The molecule has 3 rings (SSSR count). The van der Waals surface area contributed by atoms with Crippen LogP contribution >= 0.6 is 46.6 Å². The zero-order valence-electron chi connectivity index (χ0n) is 16.5. The molecule has 31 heavy (non-hydrogen) atoms. The summed E-state index contributed by atoms with van der Waals surface area (Å²) in [7, 11) is 0. The number of hydrogen-bond acceptors (Lipinski definition) is 5. The van der Waals surface area contributed by atoms with Crippen LogP contribution in [0.4, 0.5) is 0 Å². The highest BCUT2D eigenvalue weighted by atomic mass is 35.5. The molecule has 2 aromatic carbocycles. The molecule has 1 aliphatic heterocycles. The monoisotopic (exact) mass is 498 g/mol. The average Bonchev–Trinajstić information content (AvgIpc) is 3.00. The van der Waals surface area contributed by atoms with Crippen LogP contribution in [0, 0.1) is 0 Å². The van der Waals surface area contributed by atoms with Gasteiger partial charge in [-0.3, -0.25) is 9.59 Å². The highest BCUT2D eigenvalue weighted by molar-refractivity contribution is 8.18. The van der Waals surface area contributed by atoms with Crippen LogP contribution < -0.4 is 14.8 Å². The van der Waals surface area contributed by atoms with E-state index in [9.17, 15) is 9.59 Å². The third-order valence-corrected chi connectivity index (χ3v) is 5.69. The minimum absolute atomic E-state index is 0.165. The maximum atomic E-state index is 12.1. The van der Waals surface area contributed by atoms with Gasteiger partial charge in [0.15, 0.2) is 16.7 Å². The molecule has 0 aromatic heterocycles. The molecule has 1 N–H and O–H groups in total. The van der Waals surface area contributed by atoms with Crippen LogP contribution in [-0.2, 0) is 16.2 Å². The molecular formula is C21H17Cl3N2O4S. The summed E-state index contributed by atoms with van der Waals surface area (Å²) in [4.78, 5) is 27.4. The third-order valence-electron chi connectivity index (χ3n) is 3.92. The SMILES string of the molecule is CCOc1cc(/C=C2\SC(NC(C)=O)=NC2=O)cc(Cl)c1OCc1ccc(Cl)cc1Cl. The second kappa shape index (κ2) is 10.4. The van der Waals surface area contributed by atoms with Crippen molar-refractivity contribution in [3.8, 4) is 11.5 Å². The number of hydrogen-bond donors (Lipinski definition) is 1. The van der Waals surface area contributed by atoms with E-state index in [0.29, 0.717) is 43.6 Å². The molecule has 0 spiro atoms. The Kier molecular flexibility index (Phi) is 7.89. The van der Waals surface area contributed by atoms with E-state index in [-0.39, 0.29) is 17.7 Å². The number of aliphatic imine (C=N–C) groups is 1. The van der Waals surface area contributed by atoms with Crippen molar-refractivity contribution in [1.29, 1.82) is 0 Å². The number of rotatable bonds is 6. The predicted molar refractivity (Wildman–Crippen MR) is 125 cm³/mol. The summed E-state index contributed by atoms with van der Waals surface area (Å²) >= 11 is 19.7. The fourth-order valence-electron chi connectivity index (χ4n) is 2.63. The maximum Gasteiger partial charge on any atom is 0.286 e. The Morgan fingerprint density at radius 2 is 1.94 bits per heavy atom. The standard InChI is InChI=1S/C21H17Cl3N2O4S/c1-3-29-17-7-12(8-18-20(28)26-21(31-18)25-11(2)27)6-16(24)19(17)30-10-13-4-5-14(22)9-15(13)23/h4-9H,3,10H2,1-2H3,(H,25,26,27,28)/b18-8-. The molecule has 2 amide bonds. The molecule has 2 aromatic rings. The Labute approximate surface area is 198 Å². The summed E-state index contributed by atoms with van der Waals surface area (Å²) in [6.07, 6.45) is 1.62. The lowest BCUT2D eigenvalue weighted by Crippen LogP contribution is -2.23. The molecule has 0 aliphatic carbocycles. The van der Waals surface area contributed by atoms with Gasteiger partial charge in [0.25, 0.3) is 5.91 Å². The highest BCUT2D eigenvalue weighted by Gasteiger charge is 2.23. The lowest BCUT2D eigenvalue weighted by atomic mass is 10.1. The van der Waals surface area contributed by atoms with Crippen molar-refractivity contribution in [2.75, 3.05) is 6.61 Å². The van der Waals surface area contributed by atoms with Gasteiger partial charge in [0, 0.05) is 22.5 Å². The zero-order chi connectivity index (χ0) is 22.5. The van der Waals surface area contributed by atoms with Crippen LogP contribution in [0.15, 0.2) is 40.2 Å². The highest BCUT2D eigenvalue weighted by Crippen LogP contribution is 2.39. The maximum absolute atomic E-state index is 12.1. The number of amidine groups is 1. The Morgan fingerprint density at radius 1 is 1.16 bits per heavy atom. The molecule has 0 fully saturated rings. The van der Waals surface area contributed by atoms with E-state index >= 15 is 0 Å². The number of ether oxygens (including phenoxy) is 2. The van der Waals surface area contributed by atoms with Gasteiger partial charge in [0.2, 0.25) is 5.91 Å². The zero-order valence-corrected chi connectivity index (χ0v) is 19.6. The van der Waals surface area contributed by atoms with Gasteiger partial charge in [-0.1, -0.05) is 40.9 Å². The smallest absolute Gasteiger partial charge is 0.286 e. The van der Waals surface area contributed by atoms with E-state index < -0.39 is 5.91 Å². The molecule has 6 nitrogen and oxygen atoms in total. The van der Waals surface area contributed by atoms with Crippen molar-refractivity contribution in [2.45, 2.75) is 20.5 Å². The summed E-state index contributed by atoms with van der Waals surface area (Å²) in [6.45, 7) is 3.73. The van der Waals surface area contributed by atoms with E-state index in [2.05, 4.69) is 10.3 Å². The Balaban J connectivity index is 1.83. The van der Waals surface area contributed by atoms with Crippen molar-refractivity contribution in [1.82, 2.24) is 5.32 Å². The van der Waals surface area contributed by atoms with Gasteiger partial charge in [0.05, 0.1) is 16.5 Å². The molecule has 0 saturated carbocycles. The number of benzene rings is 2. The van der Waals surface area contributed by atoms with Crippen molar-refractivity contribution in [3.05, 3.63) is 61.4 Å². The van der Waals surface area contributed by atoms with Gasteiger partial charge in [-0.15, -0.1) is 0 Å². The summed E-state index contributed by atoms with van der Waals surface area (Å²) < 4.78 is 11.6. The lowest BCUT2D eigenvalue weighted by molar-refractivity contribution is -0.117. The predicted octanol–water partition coefficient (Wildman–Crippen LogP) is 5.73. The number of carbonyl (C=O) groups excluding carboxylic acids is 2. The minimum Gasteiger partial charge on any atom is -0.490 e. The van der Waals surface area contributed by atoms with Gasteiger partial charge in [-0.05, 0) is 54.6 Å². The van der Waals surface area contributed by atoms with Crippen molar-refractivity contribution >= 4 is 69.6 Å². The topological polar surface area (TPSA) is 77.0 Å². The number of amides is 2. The van der Waals surface area contributed by atoms with Crippen molar-refractivity contribution in [3.63, 3.8) is 0 Å². The molecule has 0 unspecified atom stereocenters. The second-order valence-corrected chi connectivity index (χ2v) is 8.58. The van der Waals surface area contributed by atoms with E-state index in [1.165, 1.54) is 6.92 Å². The first-order valence-corrected chi connectivity index (χ1v) is 11.0. The van der Waals surface area contributed by atoms with Crippen LogP contribution in [0.5, 0.6) is 11.5 Å². The first-order chi connectivity index (χ1) is 14.8. The van der Waals surface area contributed by atoms with E-state index in [0.717, 1.165) is 17.3 Å². The quantitative estimate of drug-likeness (QED) is 0.514. The molecule has 0 bridgehead atoms. The first-order valence-electron chi connectivity index (χ1n) is 9.10. The molecular weight excluding hydrogens is 483 g/mol. The summed E-state index contributed by atoms with van der Waals surface area (Å²) in [5.41, 5.74) is 1.37. The largest absolute Gasteiger partial charge is 0.490 e. The fourth-order valence-corrected chi connectivity index (χ4v) is 4.22. The van der Waals surface area contributed by atoms with Crippen molar-refractivity contribution in [2.24, 2.45) is 4.99 Å². The van der Waals surface area contributed by atoms with Gasteiger partial charge in [-0.25, -0.2) is 0 Å². The van der Waals surface area contributed by atoms with Gasteiger partial charge < -0.3 is 14.8 Å². The minimum atomic E-state index is -0.444. The Morgan fingerprint density at radius 3 is 2.61 bits per heavy atom. The summed E-state index contributed by atoms with van der Waals surface area (Å²) in [5, 5.41) is 4.06. The summed E-state index contributed by atoms with van der Waals surface area (Å²) in [6, 6.07) is 8.49. The van der Waals surface area contributed by atoms with Gasteiger partial charge >= 0.3 is 0 Å². The number of halogens is 3. The molecule has 1 heterocycles. The van der Waals surface area contributed by atoms with Crippen LogP contribution in [0.25, 0.3) is 6.08 Å². The summed E-state index contributed by atoms with van der Waals surface area (Å²) in [5.74, 6) is 0.0347. The second-order valence-electron chi connectivity index (χ2n) is 6.30. The number of nitrogens with one attached hydrogen (secondary N) is 1. The normalized spacial score (nSPS) is 14.5. The van der Waals surface area contributed by atoms with Gasteiger partial charge in [0.1, 0.15) is 6.61 Å². The van der Waals surface area contributed by atoms with E-state index in [1.807, 2.05) is 6.92 Å². The number of thioether (sulfide) groups is 1. The van der Waals surface area contributed by atoms with Gasteiger partial charge in [-0.2, -0.15) is 4.99 Å². The molecule has 0 saturated heterocycles. The molecule has 162 valence electrons. The van der Waals surface area contributed by atoms with Crippen LogP contribution in [0.1, 0.15) is 25.0 Å². The molecule has 10 heteroatoms. The van der Waals surface area contributed by atoms with E-state index in [4.69, 9.17) is 44.3 Å². The number of nitrogens with zero attached hydrogens (tertiary/aromatic N) is 1. The Hall–Kier alpha value is -2.19. The van der Waals surface area contributed by atoms with E-state index in [1.54, 1.807) is 36.4 Å². The van der Waals surface area contributed by atoms with Crippen molar-refractivity contribution < 1.29 is 19.1 Å². The molecule has 0 radical (unpaired) electrons. The lowest BCUT2D eigenvalue weighted by Gasteiger charge is -2.15. The number of carbonyl (C=O) groups is 2. The third kappa shape index (κ3) is 6.17. The molecule has 0 atom stereocenters. The van der Waals surface area contributed by atoms with Crippen LogP contribution in [0.3, 0.4) is 0 Å². The van der Waals surface area contributed by atoms with Crippen LogP contribution in [0.2, 0.25) is 15.1 Å². The Bertz CT molecular complexity index is 1100. The fraction of sp³-hybridized carbons (Fsp3) is 0.190. The van der Waals surface area contributed by atoms with Crippen LogP contribution in [-0.4, -0.2) is 23.6 Å². The first kappa shape index (κ1) is 23.5.